The zero-order chi connectivity index (χ0) is 18.1. The number of fused-ring (bicyclic) bond motifs is 2. The van der Waals surface area contributed by atoms with E-state index < -0.39 is 0 Å². The van der Waals surface area contributed by atoms with Crippen LogP contribution in [0.3, 0.4) is 0 Å². The Bertz CT molecular complexity index is 1060. The van der Waals surface area contributed by atoms with Crippen molar-refractivity contribution < 1.29 is 9.47 Å². The van der Waals surface area contributed by atoms with Gasteiger partial charge in [-0.05, 0) is 31.0 Å². The molecule has 1 aliphatic heterocycles. The Balaban J connectivity index is 1.82. The number of methoxy groups -OCH3 is 1. The van der Waals surface area contributed by atoms with E-state index in [0.717, 1.165) is 19.4 Å². The molecular formula is C19H21N3O4. The normalized spacial score (nSPS) is 17.3. The van der Waals surface area contributed by atoms with Gasteiger partial charge in [0.2, 0.25) is 0 Å². The predicted molar refractivity (Wildman–Crippen MR) is 98.6 cm³/mol. The lowest BCUT2D eigenvalue weighted by Crippen LogP contribution is -2.26. The van der Waals surface area contributed by atoms with Crippen LogP contribution < -0.4 is 11.1 Å². The quantitative estimate of drug-likeness (QED) is 0.649. The molecule has 26 heavy (non-hydrogen) atoms. The first-order valence-corrected chi connectivity index (χ1v) is 8.81. The van der Waals surface area contributed by atoms with Gasteiger partial charge in [-0.15, -0.1) is 0 Å². The highest BCUT2D eigenvalue weighted by atomic mass is 16.5. The van der Waals surface area contributed by atoms with E-state index in [9.17, 15) is 9.59 Å². The van der Waals surface area contributed by atoms with Gasteiger partial charge in [-0.1, -0.05) is 0 Å². The van der Waals surface area contributed by atoms with Crippen LogP contribution in [0.1, 0.15) is 12.8 Å². The average molecular weight is 355 g/mol. The van der Waals surface area contributed by atoms with Crippen LogP contribution in [0.25, 0.3) is 21.8 Å². The lowest BCUT2D eigenvalue weighted by Gasteiger charge is -2.12. The molecule has 7 nitrogen and oxygen atoms in total. The van der Waals surface area contributed by atoms with Gasteiger partial charge in [-0.25, -0.2) is 4.98 Å². The third-order valence-corrected chi connectivity index (χ3v) is 4.85. The molecule has 136 valence electrons. The van der Waals surface area contributed by atoms with Crippen molar-refractivity contribution in [3.8, 4) is 0 Å². The molecule has 7 heteroatoms. The number of pyridine rings is 3. The van der Waals surface area contributed by atoms with Crippen molar-refractivity contribution in [1.82, 2.24) is 14.1 Å². The summed E-state index contributed by atoms with van der Waals surface area (Å²) in [5.74, 6) is 0. The lowest BCUT2D eigenvalue weighted by molar-refractivity contribution is 0.0963. The third-order valence-electron chi connectivity index (χ3n) is 4.85. The van der Waals surface area contributed by atoms with E-state index in [2.05, 4.69) is 4.98 Å². The average Bonchev–Trinajstić information content (AvgIpc) is 3.16. The van der Waals surface area contributed by atoms with Gasteiger partial charge in [0.1, 0.15) is 0 Å². The maximum atomic E-state index is 12.9. The van der Waals surface area contributed by atoms with Gasteiger partial charge in [0.25, 0.3) is 11.1 Å². The van der Waals surface area contributed by atoms with E-state index in [0.29, 0.717) is 41.5 Å². The van der Waals surface area contributed by atoms with Crippen LogP contribution in [0.2, 0.25) is 0 Å². The number of ether oxygens (including phenoxy) is 2. The van der Waals surface area contributed by atoms with Crippen LogP contribution in [0.15, 0.2) is 40.2 Å². The van der Waals surface area contributed by atoms with E-state index >= 15 is 0 Å². The maximum absolute atomic E-state index is 12.9. The van der Waals surface area contributed by atoms with E-state index in [1.54, 1.807) is 40.8 Å². The highest BCUT2D eigenvalue weighted by molar-refractivity contribution is 5.91. The second-order valence-corrected chi connectivity index (χ2v) is 6.57. The minimum Gasteiger partial charge on any atom is -0.383 e. The van der Waals surface area contributed by atoms with Gasteiger partial charge in [0, 0.05) is 32.7 Å². The minimum absolute atomic E-state index is 0.0739. The first-order chi connectivity index (χ1) is 12.7. The van der Waals surface area contributed by atoms with Gasteiger partial charge in [0.05, 0.1) is 41.1 Å². The Kier molecular flexibility index (Phi) is 4.57. The van der Waals surface area contributed by atoms with E-state index in [1.165, 1.54) is 0 Å². The zero-order valence-electron chi connectivity index (χ0n) is 14.7. The molecule has 1 saturated heterocycles. The van der Waals surface area contributed by atoms with Crippen LogP contribution >= 0.6 is 0 Å². The molecule has 0 aliphatic carbocycles. The molecule has 0 N–H and O–H groups in total. The highest BCUT2D eigenvalue weighted by Gasteiger charge is 2.17. The summed E-state index contributed by atoms with van der Waals surface area (Å²) in [6.45, 7) is 2.18. The lowest BCUT2D eigenvalue weighted by atomic mass is 10.2. The standard InChI is InChI=1S/C19H21N3O4/c1-25-10-8-21-6-4-16-14(18(21)23)11-15-17(20-16)5-7-22(19(15)24)12-13-3-2-9-26-13/h4-7,11,13H,2-3,8-10,12H2,1H3/t13-/m0/s1. The SMILES string of the molecule is COCCn1ccc2nc3ccn(C[C@@H]4CCCO4)c(=O)c3cc2c1=O. The second kappa shape index (κ2) is 7.01. The second-order valence-electron chi connectivity index (χ2n) is 6.57. The summed E-state index contributed by atoms with van der Waals surface area (Å²) < 4.78 is 13.9. The molecule has 4 heterocycles. The largest absolute Gasteiger partial charge is 0.383 e. The fourth-order valence-electron chi connectivity index (χ4n) is 3.42. The topological polar surface area (TPSA) is 75.3 Å². The van der Waals surface area contributed by atoms with Gasteiger partial charge in [-0.3, -0.25) is 9.59 Å². The molecule has 3 aromatic heterocycles. The summed E-state index contributed by atoms with van der Waals surface area (Å²) in [6, 6.07) is 5.28. The zero-order valence-corrected chi connectivity index (χ0v) is 14.7. The van der Waals surface area contributed by atoms with E-state index in [-0.39, 0.29) is 17.2 Å². The number of rotatable bonds is 5. The van der Waals surface area contributed by atoms with Gasteiger partial charge >= 0.3 is 0 Å². The van der Waals surface area contributed by atoms with Crippen molar-refractivity contribution >= 4 is 21.8 Å². The van der Waals surface area contributed by atoms with Gasteiger partial charge in [0.15, 0.2) is 0 Å². The molecule has 0 saturated carbocycles. The third kappa shape index (κ3) is 3.04. The van der Waals surface area contributed by atoms with Crippen molar-refractivity contribution in [2.75, 3.05) is 20.3 Å². The monoisotopic (exact) mass is 355 g/mol. The van der Waals surface area contributed by atoms with E-state index in [1.807, 2.05) is 6.07 Å². The number of aromatic nitrogens is 3. The van der Waals surface area contributed by atoms with Crippen molar-refractivity contribution in [3.63, 3.8) is 0 Å². The van der Waals surface area contributed by atoms with Crippen molar-refractivity contribution in [1.29, 1.82) is 0 Å². The molecule has 3 aromatic rings. The summed E-state index contributed by atoms with van der Waals surface area (Å²) in [6.07, 6.45) is 5.53. The Hall–Kier alpha value is -2.51. The molecule has 0 radical (unpaired) electrons. The summed E-state index contributed by atoms with van der Waals surface area (Å²) in [4.78, 5) is 30.1. The molecule has 0 aromatic carbocycles. The van der Waals surface area contributed by atoms with Crippen LogP contribution in [-0.4, -0.2) is 40.5 Å². The molecule has 1 atom stereocenters. The fraction of sp³-hybridized carbons (Fsp3) is 0.421. The Morgan fingerprint density at radius 3 is 2.50 bits per heavy atom. The Labute approximate surface area is 149 Å². The predicted octanol–water partition coefficient (Wildman–Crippen LogP) is 1.54. The maximum Gasteiger partial charge on any atom is 0.260 e. The van der Waals surface area contributed by atoms with Crippen LogP contribution in [-0.2, 0) is 22.6 Å². The first-order valence-electron chi connectivity index (χ1n) is 8.81. The van der Waals surface area contributed by atoms with Gasteiger partial charge < -0.3 is 18.6 Å². The van der Waals surface area contributed by atoms with Crippen LogP contribution in [0.5, 0.6) is 0 Å². The molecule has 0 spiro atoms. The molecule has 0 bridgehead atoms. The summed E-state index contributed by atoms with van der Waals surface area (Å²) >= 11 is 0. The first kappa shape index (κ1) is 16.9. The van der Waals surface area contributed by atoms with Crippen molar-refractivity contribution in [3.05, 3.63) is 51.3 Å². The highest BCUT2D eigenvalue weighted by Crippen LogP contribution is 2.16. The Morgan fingerprint density at radius 2 is 1.85 bits per heavy atom. The van der Waals surface area contributed by atoms with Crippen LogP contribution in [0, 0.1) is 0 Å². The summed E-state index contributed by atoms with van der Waals surface area (Å²) in [7, 11) is 1.59. The molecule has 1 aliphatic rings. The molecule has 1 fully saturated rings. The Morgan fingerprint density at radius 1 is 1.15 bits per heavy atom. The summed E-state index contributed by atoms with van der Waals surface area (Å²) in [5, 5.41) is 0.905. The minimum atomic E-state index is -0.164. The molecule has 0 unspecified atom stereocenters. The van der Waals surface area contributed by atoms with Gasteiger partial charge in [-0.2, -0.15) is 0 Å². The smallest absolute Gasteiger partial charge is 0.260 e. The van der Waals surface area contributed by atoms with Crippen LogP contribution in [0.4, 0.5) is 0 Å². The fourth-order valence-corrected chi connectivity index (χ4v) is 3.42. The van der Waals surface area contributed by atoms with Crippen molar-refractivity contribution in [2.24, 2.45) is 0 Å². The number of hydrogen-bond donors (Lipinski definition) is 0. The van der Waals surface area contributed by atoms with Crippen molar-refractivity contribution in [2.45, 2.75) is 32.0 Å². The summed E-state index contributed by atoms with van der Waals surface area (Å²) in [5.41, 5.74) is 0.884. The number of nitrogens with zero attached hydrogens (tertiary/aromatic N) is 3. The van der Waals surface area contributed by atoms with E-state index in [4.69, 9.17) is 9.47 Å². The molecular weight excluding hydrogens is 334 g/mol. The molecule has 4 rings (SSSR count). The molecule has 0 amide bonds. The number of hydrogen-bond acceptors (Lipinski definition) is 5.